The number of hydrogen-bond donors (Lipinski definition) is 0. The van der Waals surface area contributed by atoms with Crippen molar-refractivity contribution in [3.05, 3.63) is 58.6 Å². The zero-order valence-corrected chi connectivity index (χ0v) is 20.2. The van der Waals surface area contributed by atoms with Gasteiger partial charge in [-0.1, -0.05) is 17.8 Å². The number of carbonyl (C=O) groups is 2. The number of sulfonamides is 1. The molecule has 0 atom stereocenters. The van der Waals surface area contributed by atoms with E-state index >= 15 is 0 Å². The highest BCUT2D eigenvalue weighted by Crippen LogP contribution is 2.22. The molecule has 0 unspecified atom stereocenters. The van der Waals surface area contributed by atoms with Crippen LogP contribution in [0.25, 0.3) is 10.2 Å². The molecule has 0 N–H and O–H groups in total. The lowest BCUT2D eigenvalue weighted by Crippen LogP contribution is -2.35. The molecular formula is C23H24FN3O5S2. The highest BCUT2D eigenvalue weighted by molar-refractivity contribution is 7.89. The molecule has 0 aliphatic carbocycles. The zero-order chi connectivity index (χ0) is 24.3. The molecule has 11 heteroatoms. The summed E-state index contributed by atoms with van der Waals surface area (Å²) in [7, 11) is -3.61. The number of thiazole rings is 1. The van der Waals surface area contributed by atoms with Crippen LogP contribution >= 0.6 is 11.3 Å². The number of carbonyl (C=O) groups excluding carboxylic acids is 2. The number of nitrogens with zero attached hydrogens (tertiary/aromatic N) is 3. The van der Waals surface area contributed by atoms with Crippen molar-refractivity contribution in [2.24, 2.45) is 4.99 Å². The minimum absolute atomic E-state index is 0.126. The Bertz CT molecular complexity index is 1390. The largest absolute Gasteiger partial charge is 0.465 e. The molecule has 34 heavy (non-hydrogen) atoms. The third-order valence-corrected chi connectivity index (χ3v) is 8.44. The minimum atomic E-state index is -3.61. The van der Waals surface area contributed by atoms with Crippen molar-refractivity contribution in [1.82, 2.24) is 8.87 Å². The van der Waals surface area contributed by atoms with Crippen molar-refractivity contribution < 1.29 is 27.1 Å². The van der Waals surface area contributed by atoms with Gasteiger partial charge in [0.25, 0.3) is 5.91 Å². The maximum absolute atomic E-state index is 13.7. The molecule has 1 aliphatic rings. The molecule has 8 nitrogen and oxygen atoms in total. The van der Waals surface area contributed by atoms with Gasteiger partial charge in [0, 0.05) is 18.7 Å². The molecule has 4 rings (SSSR count). The Balaban J connectivity index is 1.66. The number of aromatic nitrogens is 1. The maximum atomic E-state index is 13.7. The van der Waals surface area contributed by atoms with Crippen molar-refractivity contribution in [3.8, 4) is 0 Å². The van der Waals surface area contributed by atoms with Gasteiger partial charge in [-0.2, -0.15) is 9.30 Å². The monoisotopic (exact) mass is 505 g/mol. The summed E-state index contributed by atoms with van der Waals surface area (Å²) < 4.78 is 47.9. The van der Waals surface area contributed by atoms with Gasteiger partial charge in [-0.15, -0.1) is 0 Å². The highest BCUT2D eigenvalue weighted by atomic mass is 32.2. The Morgan fingerprint density at radius 1 is 1.09 bits per heavy atom. The fourth-order valence-electron chi connectivity index (χ4n) is 3.80. The lowest BCUT2D eigenvalue weighted by Gasteiger charge is -2.25. The number of ether oxygens (including phenoxy) is 1. The second kappa shape index (κ2) is 10.2. The van der Waals surface area contributed by atoms with E-state index in [0.717, 1.165) is 30.6 Å². The van der Waals surface area contributed by atoms with E-state index in [1.165, 1.54) is 51.3 Å². The molecule has 2 aromatic carbocycles. The van der Waals surface area contributed by atoms with E-state index in [-0.39, 0.29) is 28.4 Å². The van der Waals surface area contributed by atoms with Crippen molar-refractivity contribution >= 4 is 43.5 Å². The second-order valence-electron chi connectivity index (χ2n) is 7.79. The first kappa shape index (κ1) is 24.2. The number of fused-ring (bicyclic) bond motifs is 1. The van der Waals surface area contributed by atoms with Crippen LogP contribution in [0.2, 0.25) is 0 Å². The van der Waals surface area contributed by atoms with E-state index in [2.05, 4.69) is 4.99 Å². The number of rotatable bonds is 6. The normalized spacial score (nSPS) is 15.5. The molecule has 0 spiro atoms. The van der Waals surface area contributed by atoms with Gasteiger partial charge in [0.15, 0.2) is 4.80 Å². The number of hydrogen-bond acceptors (Lipinski definition) is 6. The van der Waals surface area contributed by atoms with Gasteiger partial charge in [0.2, 0.25) is 10.0 Å². The minimum Gasteiger partial charge on any atom is -0.465 e. The molecule has 1 saturated heterocycles. The molecule has 1 aromatic heterocycles. The van der Waals surface area contributed by atoms with Crippen LogP contribution in [-0.4, -0.2) is 48.9 Å². The average Bonchev–Trinajstić information content (AvgIpc) is 3.15. The third-order valence-electron chi connectivity index (χ3n) is 5.49. The predicted octanol–water partition coefficient (Wildman–Crippen LogP) is 3.32. The van der Waals surface area contributed by atoms with Crippen LogP contribution < -0.4 is 4.80 Å². The van der Waals surface area contributed by atoms with Crippen LogP contribution in [0.1, 0.15) is 36.5 Å². The summed E-state index contributed by atoms with van der Waals surface area (Å²) in [4.78, 5) is 29.4. The van der Waals surface area contributed by atoms with E-state index in [1.54, 1.807) is 6.92 Å². The lowest BCUT2D eigenvalue weighted by atomic mass is 10.2. The summed E-state index contributed by atoms with van der Waals surface area (Å²) >= 11 is 1.07. The standard InChI is InChI=1S/C23H24FN3O5S2/c1-2-32-21(28)15-27-19-11-8-17(24)14-20(19)33-23(27)25-22(29)16-6-9-18(10-7-16)34(30,31)26-12-4-3-5-13-26/h6-11,14H,2-5,12-13,15H2,1H3. The van der Waals surface area contributed by atoms with Crippen LogP contribution in [0.15, 0.2) is 52.4 Å². The Hall–Kier alpha value is -2.89. The first-order chi connectivity index (χ1) is 16.3. The number of amides is 1. The smallest absolute Gasteiger partial charge is 0.326 e. The topological polar surface area (TPSA) is 98.0 Å². The van der Waals surface area contributed by atoms with E-state index in [0.29, 0.717) is 23.3 Å². The molecule has 0 radical (unpaired) electrons. The zero-order valence-electron chi connectivity index (χ0n) is 18.6. The summed E-state index contributed by atoms with van der Waals surface area (Å²) in [6.45, 7) is 2.69. The van der Waals surface area contributed by atoms with Gasteiger partial charge in [0.1, 0.15) is 12.4 Å². The van der Waals surface area contributed by atoms with E-state index in [9.17, 15) is 22.4 Å². The van der Waals surface area contributed by atoms with Gasteiger partial charge in [-0.3, -0.25) is 9.59 Å². The molecule has 3 aromatic rings. The lowest BCUT2D eigenvalue weighted by molar-refractivity contribution is -0.143. The van der Waals surface area contributed by atoms with Crippen molar-refractivity contribution in [3.63, 3.8) is 0 Å². The molecule has 1 amide bonds. The Morgan fingerprint density at radius 2 is 1.79 bits per heavy atom. The van der Waals surface area contributed by atoms with Crippen LogP contribution in [0.4, 0.5) is 4.39 Å². The Kier molecular flexibility index (Phi) is 7.24. The summed E-state index contributed by atoms with van der Waals surface area (Å²) in [5, 5.41) is 0. The summed E-state index contributed by atoms with van der Waals surface area (Å²) in [5.41, 5.74) is 0.748. The quantitative estimate of drug-likeness (QED) is 0.479. The van der Waals surface area contributed by atoms with E-state index < -0.39 is 27.7 Å². The Labute approximate surface area is 200 Å². The fourth-order valence-corrected chi connectivity index (χ4v) is 6.37. The van der Waals surface area contributed by atoms with E-state index in [1.807, 2.05) is 0 Å². The van der Waals surface area contributed by atoms with Crippen molar-refractivity contribution in [1.29, 1.82) is 0 Å². The first-order valence-corrected chi connectivity index (χ1v) is 13.2. The van der Waals surface area contributed by atoms with Crippen molar-refractivity contribution in [2.75, 3.05) is 19.7 Å². The van der Waals surface area contributed by atoms with Crippen LogP contribution in [0.3, 0.4) is 0 Å². The van der Waals surface area contributed by atoms with E-state index in [4.69, 9.17) is 4.74 Å². The summed E-state index contributed by atoms with van der Waals surface area (Å²) in [6.07, 6.45) is 2.68. The summed E-state index contributed by atoms with van der Waals surface area (Å²) in [5.74, 6) is -1.56. The number of esters is 1. The molecular weight excluding hydrogens is 481 g/mol. The molecule has 180 valence electrons. The fraction of sp³-hybridized carbons (Fsp3) is 0.348. The third kappa shape index (κ3) is 5.11. The van der Waals surface area contributed by atoms with Gasteiger partial charge in [0.05, 0.1) is 21.7 Å². The molecule has 2 heterocycles. The Morgan fingerprint density at radius 3 is 2.47 bits per heavy atom. The van der Waals surface area contributed by atoms with Crippen LogP contribution in [0.5, 0.6) is 0 Å². The van der Waals surface area contributed by atoms with Gasteiger partial charge >= 0.3 is 5.97 Å². The number of halogens is 1. The van der Waals surface area contributed by atoms with Crippen LogP contribution in [0, 0.1) is 5.82 Å². The molecule has 1 fully saturated rings. The molecule has 1 aliphatic heterocycles. The van der Waals surface area contributed by atoms with Gasteiger partial charge < -0.3 is 9.30 Å². The maximum Gasteiger partial charge on any atom is 0.326 e. The second-order valence-corrected chi connectivity index (χ2v) is 10.7. The van der Waals surface area contributed by atoms with Gasteiger partial charge in [-0.05, 0) is 62.2 Å². The first-order valence-electron chi connectivity index (χ1n) is 10.9. The predicted molar refractivity (Wildman–Crippen MR) is 125 cm³/mol. The SMILES string of the molecule is CCOC(=O)Cn1c(=NC(=O)c2ccc(S(=O)(=O)N3CCCCC3)cc2)sc2cc(F)ccc21. The van der Waals surface area contributed by atoms with Crippen molar-refractivity contribution in [2.45, 2.75) is 37.6 Å². The number of piperidine rings is 1. The molecule has 0 bridgehead atoms. The molecule has 0 saturated carbocycles. The number of benzene rings is 2. The van der Waals surface area contributed by atoms with Gasteiger partial charge in [-0.25, -0.2) is 12.8 Å². The average molecular weight is 506 g/mol. The summed E-state index contributed by atoms with van der Waals surface area (Å²) in [6, 6.07) is 9.75. The highest BCUT2D eigenvalue weighted by Gasteiger charge is 2.26. The van der Waals surface area contributed by atoms with Crippen LogP contribution in [-0.2, 0) is 26.1 Å².